The molecule has 0 bridgehead atoms. The van der Waals surface area contributed by atoms with Crippen LogP contribution in [0.4, 0.5) is 0 Å². The van der Waals surface area contributed by atoms with E-state index in [9.17, 15) is 8.42 Å². The molecule has 0 aliphatic rings. The highest BCUT2D eigenvalue weighted by Gasteiger charge is 2.05. The minimum Gasteiger partial charge on any atom is -0.357 e. The van der Waals surface area contributed by atoms with Crippen LogP contribution in [-0.2, 0) is 16.6 Å². The Morgan fingerprint density at radius 2 is 1.92 bits per heavy atom. The molecule has 0 fully saturated rings. The summed E-state index contributed by atoms with van der Waals surface area (Å²) < 4.78 is 25.3. The number of hydrogen-bond acceptors (Lipinski definition) is 4. The zero-order valence-electron chi connectivity index (χ0n) is 16.0. The van der Waals surface area contributed by atoms with Gasteiger partial charge in [-0.2, -0.15) is 0 Å². The summed E-state index contributed by atoms with van der Waals surface area (Å²) in [7, 11) is -3.11. The SMILES string of the molecule is CCNC(=NCc1ccc(C)cc1SC)NCCCNS(=O)(=O)CC.I. The molecule has 0 saturated carbocycles. The van der Waals surface area contributed by atoms with E-state index in [0.717, 1.165) is 12.5 Å². The second kappa shape index (κ2) is 13.6. The second-order valence-corrected chi connectivity index (χ2v) is 8.53. The van der Waals surface area contributed by atoms with Crippen molar-refractivity contribution in [2.24, 2.45) is 4.99 Å². The van der Waals surface area contributed by atoms with Gasteiger partial charge in [0.15, 0.2) is 5.96 Å². The maximum absolute atomic E-state index is 11.4. The maximum Gasteiger partial charge on any atom is 0.211 e. The van der Waals surface area contributed by atoms with Crippen LogP contribution in [-0.4, -0.2) is 46.0 Å². The zero-order valence-corrected chi connectivity index (χ0v) is 19.9. The predicted octanol–water partition coefficient (Wildman–Crippen LogP) is 2.72. The van der Waals surface area contributed by atoms with Crippen LogP contribution < -0.4 is 15.4 Å². The van der Waals surface area contributed by atoms with Crippen molar-refractivity contribution >= 4 is 51.7 Å². The Morgan fingerprint density at radius 3 is 2.54 bits per heavy atom. The molecule has 1 rings (SSSR count). The first-order valence-electron chi connectivity index (χ1n) is 8.54. The summed E-state index contributed by atoms with van der Waals surface area (Å²) in [5.74, 6) is 0.854. The molecular weight excluding hydrogens is 483 g/mol. The fourth-order valence-electron chi connectivity index (χ4n) is 2.11. The summed E-state index contributed by atoms with van der Waals surface area (Å²) in [6, 6.07) is 6.40. The van der Waals surface area contributed by atoms with E-state index in [1.165, 1.54) is 16.0 Å². The Bertz CT molecular complexity index is 667. The van der Waals surface area contributed by atoms with Gasteiger partial charge in [0.2, 0.25) is 10.0 Å². The second-order valence-electron chi connectivity index (χ2n) is 5.59. The highest BCUT2D eigenvalue weighted by atomic mass is 127. The number of rotatable bonds is 10. The number of guanidine groups is 1. The van der Waals surface area contributed by atoms with Crippen LogP contribution in [0.25, 0.3) is 0 Å². The monoisotopic (exact) mass is 514 g/mol. The van der Waals surface area contributed by atoms with Gasteiger partial charge in [-0.3, -0.25) is 0 Å². The summed E-state index contributed by atoms with van der Waals surface area (Å²) in [4.78, 5) is 5.87. The van der Waals surface area contributed by atoms with Gasteiger partial charge in [0.05, 0.1) is 12.3 Å². The van der Waals surface area contributed by atoms with Crippen LogP contribution >= 0.6 is 35.7 Å². The van der Waals surface area contributed by atoms with E-state index in [2.05, 4.69) is 51.7 Å². The first-order valence-corrected chi connectivity index (χ1v) is 11.4. The minimum absolute atomic E-state index is 0. The summed E-state index contributed by atoms with van der Waals surface area (Å²) >= 11 is 1.73. The Hall–Kier alpha value is -0.520. The van der Waals surface area contributed by atoms with Crippen LogP contribution in [0.2, 0.25) is 0 Å². The van der Waals surface area contributed by atoms with Crippen molar-refractivity contribution in [1.82, 2.24) is 15.4 Å². The Kier molecular flexibility index (Phi) is 13.3. The van der Waals surface area contributed by atoms with Gasteiger partial charge in [0, 0.05) is 24.5 Å². The number of halogens is 1. The van der Waals surface area contributed by atoms with Gasteiger partial charge in [-0.25, -0.2) is 18.1 Å². The minimum atomic E-state index is -3.11. The molecule has 0 radical (unpaired) electrons. The fourth-order valence-corrected chi connectivity index (χ4v) is 3.47. The molecule has 0 amide bonds. The Balaban J connectivity index is 0.00000625. The molecule has 0 aromatic heterocycles. The average molecular weight is 514 g/mol. The smallest absolute Gasteiger partial charge is 0.211 e. The molecule has 1 aromatic rings. The van der Waals surface area contributed by atoms with Crippen molar-refractivity contribution in [3.05, 3.63) is 29.3 Å². The number of hydrogen-bond donors (Lipinski definition) is 3. The number of thioether (sulfide) groups is 1. The molecule has 6 nitrogen and oxygen atoms in total. The topological polar surface area (TPSA) is 82.6 Å². The third-order valence-corrected chi connectivity index (χ3v) is 5.77. The average Bonchev–Trinajstić information content (AvgIpc) is 2.59. The lowest BCUT2D eigenvalue weighted by Crippen LogP contribution is -2.38. The lowest BCUT2D eigenvalue weighted by Gasteiger charge is -2.12. The lowest BCUT2D eigenvalue weighted by molar-refractivity contribution is 0.579. The first-order chi connectivity index (χ1) is 11.9. The quantitative estimate of drug-likeness (QED) is 0.147. The van der Waals surface area contributed by atoms with Gasteiger partial charge in [-0.15, -0.1) is 35.7 Å². The molecule has 0 aliphatic heterocycles. The van der Waals surface area contributed by atoms with Gasteiger partial charge in [-0.05, 0) is 50.6 Å². The van der Waals surface area contributed by atoms with E-state index >= 15 is 0 Å². The molecule has 0 spiro atoms. The van der Waals surface area contributed by atoms with E-state index < -0.39 is 10.0 Å². The lowest BCUT2D eigenvalue weighted by atomic mass is 10.1. The van der Waals surface area contributed by atoms with Crippen molar-refractivity contribution < 1.29 is 8.42 Å². The third-order valence-electron chi connectivity index (χ3n) is 3.54. The highest BCUT2D eigenvalue weighted by Crippen LogP contribution is 2.22. The molecule has 0 atom stereocenters. The molecule has 0 saturated heterocycles. The van der Waals surface area contributed by atoms with Crippen LogP contribution in [0.3, 0.4) is 0 Å². The summed E-state index contributed by atoms with van der Waals surface area (Å²) in [6.45, 7) is 8.20. The van der Waals surface area contributed by atoms with Crippen LogP contribution in [0, 0.1) is 6.92 Å². The van der Waals surface area contributed by atoms with Crippen molar-refractivity contribution in [3.8, 4) is 0 Å². The Morgan fingerprint density at radius 1 is 1.19 bits per heavy atom. The molecule has 150 valence electrons. The maximum atomic E-state index is 11.4. The standard InChI is InChI=1S/C17H30N4O2S2.HI/c1-5-18-17(19-10-7-11-21-25(22,23)6-2)20-13-15-9-8-14(3)12-16(15)24-4;/h8-9,12,21H,5-7,10-11,13H2,1-4H3,(H2,18,19,20);1H. The van der Waals surface area contributed by atoms with E-state index in [0.29, 0.717) is 26.1 Å². The van der Waals surface area contributed by atoms with Crippen LogP contribution in [0.1, 0.15) is 31.4 Å². The van der Waals surface area contributed by atoms with E-state index in [1.54, 1.807) is 18.7 Å². The number of aryl methyl sites for hydroxylation is 1. The van der Waals surface area contributed by atoms with E-state index in [1.807, 2.05) is 6.92 Å². The van der Waals surface area contributed by atoms with Gasteiger partial charge in [-0.1, -0.05) is 12.1 Å². The molecular formula is C17H31IN4O2S2. The summed E-state index contributed by atoms with van der Waals surface area (Å²) in [5, 5.41) is 6.45. The predicted molar refractivity (Wildman–Crippen MR) is 123 cm³/mol. The molecule has 26 heavy (non-hydrogen) atoms. The molecule has 0 unspecified atom stereocenters. The normalized spacial score (nSPS) is 11.8. The molecule has 0 aliphatic carbocycles. The molecule has 3 N–H and O–H groups in total. The third kappa shape index (κ3) is 9.98. The fraction of sp³-hybridized carbons (Fsp3) is 0.588. The van der Waals surface area contributed by atoms with Crippen LogP contribution in [0.15, 0.2) is 28.1 Å². The first kappa shape index (κ1) is 25.5. The number of sulfonamides is 1. The highest BCUT2D eigenvalue weighted by molar-refractivity contribution is 14.0. The van der Waals surface area contributed by atoms with Crippen molar-refractivity contribution in [3.63, 3.8) is 0 Å². The summed E-state index contributed by atoms with van der Waals surface area (Å²) in [6.07, 6.45) is 2.77. The number of nitrogens with one attached hydrogen (secondary N) is 3. The zero-order chi connectivity index (χ0) is 18.7. The molecule has 0 heterocycles. The Labute approximate surface area is 179 Å². The number of nitrogens with zero attached hydrogens (tertiary/aromatic N) is 1. The van der Waals surface area contributed by atoms with E-state index in [-0.39, 0.29) is 29.7 Å². The molecule has 9 heteroatoms. The molecule has 1 aromatic carbocycles. The van der Waals surface area contributed by atoms with Crippen molar-refractivity contribution in [2.45, 2.75) is 38.6 Å². The van der Waals surface area contributed by atoms with Gasteiger partial charge in [0.25, 0.3) is 0 Å². The van der Waals surface area contributed by atoms with Gasteiger partial charge in [0.1, 0.15) is 0 Å². The van der Waals surface area contributed by atoms with Gasteiger partial charge >= 0.3 is 0 Å². The largest absolute Gasteiger partial charge is 0.357 e. The summed E-state index contributed by atoms with van der Waals surface area (Å²) in [5.41, 5.74) is 2.45. The number of benzene rings is 1. The van der Waals surface area contributed by atoms with Crippen molar-refractivity contribution in [2.75, 3.05) is 31.6 Å². The van der Waals surface area contributed by atoms with E-state index in [4.69, 9.17) is 0 Å². The van der Waals surface area contributed by atoms with Gasteiger partial charge < -0.3 is 10.6 Å². The van der Waals surface area contributed by atoms with Crippen LogP contribution in [0.5, 0.6) is 0 Å². The van der Waals surface area contributed by atoms with Crippen molar-refractivity contribution in [1.29, 1.82) is 0 Å². The number of aliphatic imine (C=N–C) groups is 1.